The molecule has 0 aliphatic heterocycles. The second-order valence-electron chi connectivity index (χ2n) is 8.65. The number of nitrogens with one attached hydrogen (secondary N) is 1. The van der Waals surface area contributed by atoms with E-state index in [-0.39, 0.29) is 29.1 Å². The number of hydrogen-bond acceptors (Lipinski definition) is 5. The van der Waals surface area contributed by atoms with Crippen LogP contribution in [0, 0.1) is 5.82 Å². The number of benzene rings is 3. The maximum atomic E-state index is 13.4. The minimum atomic E-state index is -0.337. The van der Waals surface area contributed by atoms with E-state index in [0.29, 0.717) is 27.8 Å². The Morgan fingerprint density at radius 1 is 1.03 bits per heavy atom. The van der Waals surface area contributed by atoms with Gasteiger partial charge in [0.2, 0.25) is 0 Å². The zero-order chi connectivity index (χ0) is 25.1. The Hall–Kier alpha value is -4.59. The van der Waals surface area contributed by atoms with Crippen LogP contribution in [-0.2, 0) is 6.42 Å². The number of para-hydroxylation sites is 2. The molecule has 0 aliphatic carbocycles. The van der Waals surface area contributed by atoms with Crippen LogP contribution in [0.5, 0.6) is 0 Å². The summed E-state index contributed by atoms with van der Waals surface area (Å²) in [5.74, 6) is -0.541. The highest BCUT2D eigenvalue weighted by Gasteiger charge is 2.25. The van der Waals surface area contributed by atoms with Crippen molar-refractivity contribution in [2.45, 2.75) is 25.8 Å². The molecule has 0 radical (unpaired) electrons. The SMILES string of the molecule is CC(CCc1ccccc1)NC(=O)c1c(N)n(/N=C/c2ccc(F)cc2)c2nc3ccccc3nc12. The fourth-order valence-corrected chi connectivity index (χ4v) is 4.06. The standard InChI is InChI=1S/C28H25FN6O/c1-18(11-12-19-7-3-2-4-8-19)32-28(36)24-25-27(34-23-10-6-5-9-22(23)33-25)35(26(24)30)31-17-20-13-15-21(29)16-14-20/h2-10,13-18H,11-12,30H2,1H3,(H,32,36)/b31-17+. The molecule has 36 heavy (non-hydrogen) atoms. The Morgan fingerprint density at radius 2 is 1.69 bits per heavy atom. The number of halogens is 1. The van der Waals surface area contributed by atoms with Crippen LogP contribution in [0.25, 0.3) is 22.2 Å². The van der Waals surface area contributed by atoms with Crippen LogP contribution < -0.4 is 11.1 Å². The highest BCUT2D eigenvalue weighted by atomic mass is 19.1. The number of nitrogens with zero attached hydrogens (tertiary/aromatic N) is 4. The number of aromatic nitrogens is 3. The van der Waals surface area contributed by atoms with Gasteiger partial charge in [0, 0.05) is 6.04 Å². The minimum absolute atomic E-state index is 0.0911. The average Bonchev–Trinajstić information content (AvgIpc) is 3.16. The van der Waals surface area contributed by atoms with E-state index in [9.17, 15) is 9.18 Å². The maximum absolute atomic E-state index is 13.4. The van der Waals surface area contributed by atoms with Crippen molar-refractivity contribution in [2.24, 2.45) is 5.10 Å². The molecule has 0 spiro atoms. The van der Waals surface area contributed by atoms with E-state index in [1.807, 2.05) is 49.4 Å². The predicted molar refractivity (Wildman–Crippen MR) is 141 cm³/mol. The monoisotopic (exact) mass is 480 g/mol. The quantitative estimate of drug-likeness (QED) is 0.323. The van der Waals surface area contributed by atoms with Crippen LogP contribution in [0.15, 0.2) is 84.0 Å². The first kappa shape index (κ1) is 23.2. The van der Waals surface area contributed by atoms with E-state index < -0.39 is 0 Å². The van der Waals surface area contributed by atoms with Crippen molar-refractivity contribution in [3.8, 4) is 0 Å². The summed E-state index contributed by atoms with van der Waals surface area (Å²) in [5.41, 5.74) is 10.6. The first-order valence-electron chi connectivity index (χ1n) is 11.7. The minimum Gasteiger partial charge on any atom is -0.383 e. The lowest BCUT2D eigenvalue weighted by Gasteiger charge is -2.14. The van der Waals surface area contributed by atoms with Gasteiger partial charge >= 0.3 is 0 Å². The highest BCUT2D eigenvalue weighted by Crippen LogP contribution is 2.28. The number of carbonyl (C=O) groups is 1. The van der Waals surface area contributed by atoms with Crippen molar-refractivity contribution >= 4 is 40.1 Å². The average molecular weight is 481 g/mol. The molecule has 0 aliphatic rings. The van der Waals surface area contributed by atoms with Gasteiger partial charge in [-0.25, -0.2) is 14.4 Å². The van der Waals surface area contributed by atoms with Gasteiger partial charge in [-0.05, 0) is 55.2 Å². The molecule has 5 aromatic rings. The molecule has 0 bridgehead atoms. The van der Waals surface area contributed by atoms with Gasteiger partial charge in [-0.2, -0.15) is 9.78 Å². The molecule has 0 saturated heterocycles. The highest BCUT2D eigenvalue weighted by molar-refractivity contribution is 6.10. The lowest BCUT2D eigenvalue weighted by atomic mass is 10.1. The van der Waals surface area contributed by atoms with Gasteiger partial charge in [-0.15, -0.1) is 0 Å². The molecular weight excluding hydrogens is 455 g/mol. The third-order valence-corrected chi connectivity index (χ3v) is 5.98. The fourth-order valence-electron chi connectivity index (χ4n) is 4.06. The first-order valence-corrected chi connectivity index (χ1v) is 11.7. The van der Waals surface area contributed by atoms with Crippen molar-refractivity contribution in [1.29, 1.82) is 0 Å². The molecule has 2 aromatic heterocycles. The summed E-state index contributed by atoms with van der Waals surface area (Å²) >= 11 is 0. The molecule has 1 amide bonds. The molecule has 7 nitrogen and oxygen atoms in total. The number of nitrogens with two attached hydrogens (primary N) is 1. The summed E-state index contributed by atoms with van der Waals surface area (Å²) in [6.45, 7) is 1.96. The van der Waals surface area contributed by atoms with Crippen LogP contribution in [0.2, 0.25) is 0 Å². The van der Waals surface area contributed by atoms with Gasteiger partial charge in [0.15, 0.2) is 5.65 Å². The Bertz CT molecular complexity index is 1560. The largest absolute Gasteiger partial charge is 0.383 e. The second kappa shape index (κ2) is 9.95. The van der Waals surface area contributed by atoms with E-state index in [1.54, 1.807) is 12.1 Å². The van der Waals surface area contributed by atoms with Crippen molar-refractivity contribution in [1.82, 2.24) is 20.0 Å². The zero-order valence-corrected chi connectivity index (χ0v) is 19.7. The number of amides is 1. The van der Waals surface area contributed by atoms with Crippen LogP contribution in [0.3, 0.4) is 0 Å². The fraction of sp³-hybridized carbons (Fsp3) is 0.143. The van der Waals surface area contributed by atoms with E-state index in [0.717, 1.165) is 12.8 Å². The van der Waals surface area contributed by atoms with Crippen LogP contribution in [-0.4, -0.2) is 32.8 Å². The molecule has 1 atom stereocenters. The Morgan fingerprint density at radius 3 is 2.42 bits per heavy atom. The number of hydrogen-bond donors (Lipinski definition) is 2. The molecular formula is C28H25FN6O. The Balaban J connectivity index is 1.49. The number of fused-ring (bicyclic) bond motifs is 2. The van der Waals surface area contributed by atoms with Crippen LogP contribution in [0.4, 0.5) is 10.2 Å². The number of anilines is 1. The number of carbonyl (C=O) groups excluding carboxylic acids is 1. The lowest BCUT2D eigenvalue weighted by Crippen LogP contribution is -2.33. The molecule has 3 N–H and O–H groups in total. The first-order chi connectivity index (χ1) is 17.5. The van der Waals surface area contributed by atoms with Crippen molar-refractivity contribution < 1.29 is 9.18 Å². The predicted octanol–water partition coefficient (Wildman–Crippen LogP) is 4.94. The molecule has 3 aromatic carbocycles. The van der Waals surface area contributed by atoms with Gasteiger partial charge in [0.05, 0.1) is 17.2 Å². The van der Waals surface area contributed by atoms with E-state index in [2.05, 4.69) is 27.5 Å². The van der Waals surface area contributed by atoms with Gasteiger partial charge in [0.25, 0.3) is 5.91 Å². The number of rotatable bonds is 7. The summed E-state index contributed by atoms with van der Waals surface area (Å²) in [6, 6.07) is 23.3. The third kappa shape index (κ3) is 4.79. The smallest absolute Gasteiger partial charge is 0.257 e. The normalized spacial score (nSPS) is 12.4. The van der Waals surface area contributed by atoms with E-state index >= 15 is 0 Å². The molecule has 8 heteroatoms. The molecule has 180 valence electrons. The molecule has 1 unspecified atom stereocenters. The van der Waals surface area contributed by atoms with Crippen LogP contribution >= 0.6 is 0 Å². The van der Waals surface area contributed by atoms with E-state index in [4.69, 9.17) is 10.7 Å². The summed E-state index contributed by atoms with van der Waals surface area (Å²) in [4.78, 5) is 22.8. The van der Waals surface area contributed by atoms with Gasteiger partial charge in [-0.3, -0.25) is 4.79 Å². The summed E-state index contributed by atoms with van der Waals surface area (Å²) in [5, 5.41) is 7.51. The summed E-state index contributed by atoms with van der Waals surface area (Å²) < 4.78 is 14.7. The maximum Gasteiger partial charge on any atom is 0.257 e. The third-order valence-electron chi connectivity index (χ3n) is 5.98. The summed E-state index contributed by atoms with van der Waals surface area (Å²) in [7, 11) is 0. The van der Waals surface area contributed by atoms with Crippen molar-refractivity contribution in [3.63, 3.8) is 0 Å². The molecule has 5 rings (SSSR count). The van der Waals surface area contributed by atoms with Gasteiger partial charge < -0.3 is 11.1 Å². The Kier molecular flexibility index (Phi) is 6.40. The lowest BCUT2D eigenvalue weighted by molar-refractivity contribution is 0.0940. The topological polar surface area (TPSA) is 98.2 Å². The molecule has 2 heterocycles. The van der Waals surface area contributed by atoms with Gasteiger partial charge in [0.1, 0.15) is 22.7 Å². The summed E-state index contributed by atoms with van der Waals surface area (Å²) in [6.07, 6.45) is 3.15. The number of aryl methyl sites for hydroxylation is 1. The molecule has 0 saturated carbocycles. The zero-order valence-electron chi connectivity index (χ0n) is 19.7. The second-order valence-corrected chi connectivity index (χ2v) is 8.65. The molecule has 0 fully saturated rings. The Labute approximate surface area is 207 Å². The van der Waals surface area contributed by atoms with Gasteiger partial charge in [-0.1, -0.05) is 54.6 Å². The van der Waals surface area contributed by atoms with Crippen molar-refractivity contribution in [2.75, 3.05) is 5.73 Å². The van der Waals surface area contributed by atoms with E-state index in [1.165, 1.54) is 28.6 Å². The number of nitrogen functional groups attached to an aromatic ring is 1. The van der Waals surface area contributed by atoms with Crippen molar-refractivity contribution in [3.05, 3.63) is 101 Å². The van der Waals surface area contributed by atoms with Crippen LogP contribution in [0.1, 0.15) is 34.8 Å².